The predicted octanol–water partition coefficient (Wildman–Crippen LogP) is 8.72. The first-order chi connectivity index (χ1) is 17.7. The maximum Gasteiger partial charge on any atom is 0.524 e. The summed E-state index contributed by atoms with van der Waals surface area (Å²) in [5.74, 6) is 0.613. The number of ether oxygens (including phenoxy) is 2. The zero-order valence-electron chi connectivity index (χ0n) is 23.3. The van der Waals surface area contributed by atoms with Crippen molar-refractivity contribution < 1.29 is 34.7 Å². The molecule has 0 N–H and O–H groups in total. The predicted molar refractivity (Wildman–Crippen MR) is 148 cm³/mol. The Bertz CT molecular complexity index is 1390. The third-order valence-electron chi connectivity index (χ3n) is 5.20. The Morgan fingerprint density at radius 2 is 1.05 bits per heavy atom. The summed E-state index contributed by atoms with van der Waals surface area (Å²) in [6.07, 6.45) is 0. The smallest absolute Gasteiger partial charge is 0.484 e. The SMILES string of the molecule is Cc1cccc(S(OS(=O)(=O)C(F)(F)F)(c2cccc(C)c2)c2ccc(OC(C)(C)C)c(OC(C)(C)C)c2)c1. The molecule has 39 heavy (non-hydrogen) atoms. The molecule has 3 rings (SSSR count). The van der Waals surface area contributed by atoms with Crippen LogP contribution in [0, 0.1) is 13.8 Å². The third kappa shape index (κ3) is 7.29. The highest BCUT2D eigenvalue weighted by molar-refractivity contribution is 8.33. The molecule has 5 nitrogen and oxygen atoms in total. The lowest BCUT2D eigenvalue weighted by atomic mass is 10.1. The number of hydrogen-bond donors (Lipinski definition) is 0. The standard InChI is InChI=1S/C29H35F3O5S2/c1-20-11-9-13-22(17-20)38(23-14-10-12-21(2)18-23,37-39(33,34)29(30,31)32)24-15-16-25(35-27(3,4)5)26(19-24)36-28(6,7)8/h9-19H,1-8H3. The van der Waals surface area contributed by atoms with E-state index in [0.717, 1.165) is 11.1 Å². The molecule has 0 heterocycles. The Hall–Kier alpha value is -2.69. The van der Waals surface area contributed by atoms with E-state index in [4.69, 9.17) is 13.1 Å². The number of rotatable bonds is 7. The van der Waals surface area contributed by atoms with Crippen molar-refractivity contribution >= 4 is 20.4 Å². The Morgan fingerprint density at radius 1 is 0.615 bits per heavy atom. The van der Waals surface area contributed by atoms with Crippen molar-refractivity contribution in [1.29, 1.82) is 0 Å². The molecule has 0 radical (unpaired) electrons. The molecule has 0 bridgehead atoms. The average Bonchev–Trinajstić information content (AvgIpc) is 2.76. The second kappa shape index (κ2) is 10.7. The Labute approximate surface area is 230 Å². The van der Waals surface area contributed by atoms with E-state index < -0.39 is 37.1 Å². The van der Waals surface area contributed by atoms with Crippen LogP contribution in [0.4, 0.5) is 13.2 Å². The van der Waals surface area contributed by atoms with Gasteiger partial charge in [0.25, 0.3) is 0 Å². The molecule has 0 saturated heterocycles. The summed E-state index contributed by atoms with van der Waals surface area (Å²) in [5, 5.41) is 0. The molecule has 0 aliphatic carbocycles. The van der Waals surface area contributed by atoms with Gasteiger partial charge in [-0.05, 0) is 119 Å². The van der Waals surface area contributed by atoms with Crippen LogP contribution in [-0.2, 0) is 13.7 Å². The maximum absolute atomic E-state index is 13.9. The molecule has 3 aromatic carbocycles. The fourth-order valence-electron chi connectivity index (χ4n) is 3.78. The van der Waals surface area contributed by atoms with Gasteiger partial charge in [0.15, 0.2) is 11.5 Å². The molecule has 0 aliphatic heterocycles. The molecule has 0 fully saturated rings. The van der Waals surface area contributed by atoms with E-state index in [2.05, 4.69) is 0 Å². The second-order valence-corrected chi connectivity index (χ2v) is 15.6. The minimum Gasteiger partial charge on any atom is -0.484 e. The van der Waals surface area contributed by atoms with E-state index in [1.807, 2.05) is 41.5 Å². The zero-order chi connectivity index (χ0) is 29.4. The molecule has 0 saturated carbocycles. The number of benzene rings is 3. The highest BCUT2D eigenvalue weighted by Crippen LogP contribution is 2.71. The van der Waals surface area contributed by atoms with Gasteiger partial charge >= 0.3 is 15.6 Å². The van der Waals surface area contributed by atoms with E-state index in [1.165, 1.54) is 6.07 Å². The van der Waals surface area contributed by atoms with E-state index in [0.29, 0.717) is 5.75 Å². The fourth-order valence-corrected chi connectivity index (χ4v) is 8.70. The summed E-state index contributed by atoms with van der Waals surface area (Å²) >= 11 is 0. The average molecular weight is 585 g/mol. The topological polar surface area (TPSA) is 61.8 Å². The largest absolute Gasteiger partial charge is 0.524 e. The molecule has 0 atom stereocenters. The third-order valence-corrected chi connectivity index (χ3v) is 10.1. The zero-order valence-corrected chi connectivity index (χ0v) is 25.0. The molecule has 0 aliphatic rings. The van der Waals surface area contributed by atoms with Crippen molar-refractivity contribution in [1.82, 2.24) is 0 Å². The molecule has 0 spiro atoms. The lowest BCUT2D eigenvalue weighted by Gasteiger charge is -2.40. The number of halogens is 3. The van der Waals surface area contributed by atoms with Gasteiger partial charge in [-0.15, -0.1) is 0 Å². The number of hydrogen-bond acceptors (Lipinski definition) is 5. The van der Waals surface area contributed by atoms with E-state index in [1.54, 1.807) is 74.5 Å². The number of aryl methyl sites for hydroxylation is 2. The first-order valence-corrected chi connectivity index (χ1v) is 15.2. The summed E-state index contributed by atoms with van der Waals surface area (Å²) < 4.78 is 84.8. The van der Waals surface area contributed by atoms with Crippen LogP contribution in [-0.4, -0.2) is 25.1 Å². The van der Waals surface area contributed by atoms with Crippen LogP contribution in [0.5, 0.6) is 11.5 Å². The molecule has 0 unspecified atom stereocenters. The van der Waals surface area contributed by atoms with Gasteiger partial charge < -0.3 is 9.47 Å². The quantitative estimate of drug-likeness (QED) is 0.260. The van der Waals surface area contributed by atoms with Crippen molar-refractivity contribution in [3.05, 3.63) is 77.9 Å². The molecule has 3 aromatic rings. The molecular weight excluding hydrogens is 549 g/mol. The molecule has 214 valence electrons. The van der Waals surface area contributed by atoms with Crippen molar-refractivity contribution in [2.75, 3.05) is 0 Å². The Balaban J connectivity index is 2.48. The Kier molecular flexibility index (Phi) is 8.47. The maximum atomic E-state index is 13.9. The summed E-state index contributed by atoms with van der Waals surface area (Å²) in [5.41, 5.74) is -5.49. The molecule has 10 heteroatoms. The van der Waals surface area contributed by atoms with Gasteiger partial charge in [-0.2, -0.15) is 25.2 Å². The molecule has 0 aromatic heterocycles. The van der Waals surface area contributed by atoms with Crippen LogP contribution in [0.2, 0.25) is 0 Å². The summed E-state index contributed by atoms with van der Waals surface area (Å²) in [6.45, 7) is 14.6. The first-order valence-electron chi connectivity index (χ1n) is 12.2. The van der Waals surface area contributed by atoms with Crippen LogP contribution in [0.1, 0.15) is 52.7 Å². The van der Waals surface area contributed by atoms with Crippen molar-refractivity contribution in [2.24, 2.45) is 0 Å². The van der Waals surface area contributed by atoms with Crippen LogP contribution in [0.3, 0.4) is 0 Å². The lowest BCUT2D eigenvalue weighted by Crippen LogP contribution is -2.28. The monoisotopic (exact) mass is 584 g/mol. The molecular formula is C29H35F3O5S2. The summed E-state index contributed by atoms with van der Waals surface area (Å²) in [4.78, 5) is 0.770. The van der Waals surface area contributed by atoms with Crippen molar-refractivity contribution in [3.8, 4) is 11.5 Å². The highest BCUT2D eigenvalue weighted by Gasteiger charge is 2.52. The fraction of sp³-hybridized carbons (Fsp3) is 0.379. The van der Waals surface area contributed by atoms with Gasteiger partial charge in [-0.1, -0.05) is 24.3 Å². The van der Waals surface area contributed by atoms with E-state index in [9.17, 15) is 21.6 Å². The van der Waals surface area contributed by atoms with Gasteiger partial charge in [0.1, 0.15) is 11.2 Å². The Morgan fingerprint density at radius 3 is 1.46 bits per heavy atom. The van der Waals surface area contributed by atoms with Crippen LogP contribution >= 0.6 is 10.3 Å². The van der Waals surface area contributed by atoms with Gasteiger partial charge in [-0.25, -0.2) is 0 Å². The minimum absolute atomic E-state index is 0.201. The van der Waals surface area contributed by atoms with Crippen molar-refractivity contribution in [3.63, 3.8) is 0 Å². The van der Waals surface area contributed by atoms with E-state index in [-0.39, 0.29) is 20.4 Å². The van der Waals surface area contributed by atoms with Gasteiger partial charge in [-0.3, -0.25) is 0 Å². The van der Waals surface area contributed by atoms with Gasteiger partial charge in [0.05, 0.1) is 0 Å². The van der Waals surface area contributed by atoms with Gasteiger partial charge in [0, 0.05) is 14.7 Å². The van der Waals surface area contributed by atoms with Crippen molar-refractivity contribution in [2.45, 2.75) is 86.8 Å². The summed E-state index contributed by atoms with van der Waals surface area (Å²) in [6, 6.07) is 18.0. The lowest BCUT2D eigenvalue weighted by molar-refractivity contribution is -0.0496. The second-order valence-electron chi connectivity index (χ2n) is 11.2. The van der Waals surface area contributed by atoms with Crippen LogP contribution in [0.15, 0.2) is 81.4 Å². The van der Waals surface area contributed by atoms with Crippen LogP contribution < -0.4 is 9.47 Å². The van der Waals surface area contributed by atoms with Crippen LogP contribution in [0.25, 0.3) is 0 Å². The van der Waals surface area contributed by atoms with Gasteiger partial charge in [0.2, 0.25) is 0 Å². The highest BCUT2D eigenvalue weighted by atomic mass is 32.3. The number of alkyl halides is 3. The normalized spacial score (nSPS) is 13.7. The first kappa shape index (κ1) is 30.8. The van der Waals surface area contributed by atoms with E-state index >= 15 is 0 Å². The minimum atomic E-state index is -6.05. The summed E-state index contributed by atoms with van der Waals surface area (Å²) in [7, 11) is -9.55. The molecule has 0 amide bonds.